The molecule has 0 saturated carbocycles. The Bertz CT molecular complexity index is 677. The van der Waals surface area contributed by atoms with Gasteiger partial charge in [0.05, 0.1) is 17.3 Å². The molecule has 0 aliphatic carbocycles. The molecule has 0 atom stereocenters. The van der Waals surface area contributed by atoms with Gasteiger partial charge in [0.1, 0.15) is 6.61 Å². The molecule has 0 spiro atoms. The van der Waals surface area contributed by atoms with Crippen LogP contribution in [0.5, 0.6) is 5.75 Å². The van der Waals surface area contributed by atoms with Gasteiger partial charge < -0.3 is 10.5 Å². The number of ether oxygens (including phenoxy) is 1. The summed E-state index contributed by atoms with van der Waals surface area (Å²) in [7, 11) is 0. The van der Waals surface area contributed by atoms with E-state index in [1.165, 1.54) is 12.4 Å². The minimum Gasteiger partial charge on any atom is -0.488 e. The van der Waals surface area contributed by atoms with Gasteiger partial charge in [-0.15, -0.1) is 0 Å². The molecule has 1 aliphatic heterocycles. The highest BCUT2D eigenvalue weighted by molar-refractivity contribution is 6.32. The molecule has 1 aromatic carbocycles. The van der Waals surface area contributed by atoms with Crippen molar-refractivity contribution in [1.29, 1.82) is 0 Å². The van der Waals surface area contributed by atoms with Crippen LogP contribution in [0.2, 0.25) is 5.02 Å². The van der Waals surface area contributed by atoms with Gasteiger partial charge in [0.15, 0.2) is 17.3 Å². The normalized spacial score (nSPS) is 13.6. The van der Waals surface area contributed by atoms with Crippen LogP contribution in [0.4, 0.5) is 11.5 Å². The third-order valence-electron chi connectivity index (χ3n) is 2.97. The Morgan fingerprint density at radius 3 is 2.95 bits per heavy atom. The van der Waals surface area contributed by atoms with E-state index in [0.717, 1.165) is 0 Å². The van der Waals surface area contributed by atoms with Gasteiger partial charge in [-0.05, 0) is 12.1 Å². The van der Waals surface area contributed by atoms with E-state index in [1.807, 2.05) is 0 Å². The van der Waals surface area contributed by atoms with E-state index in [9.17, 15) is 4.79 Å². The first-order valence-corrected chi connectivity index (χ1v) is 6.36. The van der Waals surface area contributed by atoms with Gasteiger partial charge in [0.2, 0.25) is 0 Å². The zero-order chi connectivity index (χ0) is 14.1. The number of carbonyl (C=O) groups excluding carboxylic acids is 1. The maximum Gasteiger partial charge on any atom is 0.280 e. The summed E-state index contributed by atoms with van der Waals surface area (Å²) >= 11 is 6.07. The molecule has 1 amide bonds. The molecule has 2 heterocycles. The predicted octanol–water partition coefficient (Wildman–Crippen LogP) is 1.75. The average molecular weight is 291 g/mol. The molecule has 1 aliphatic rings. The molecule has 2 N–H and O–H groups in total. The SMILES string of the molecule is Nc1nccnc1C(=O)N1CCOc2c(Cl)cccc21. The average Bonchev–Trinajstić information content (AvgIpc) is 2.47. The second-order valence-corrected chi connectivity index (χ2v) is 4.59. The quantitative estimate of drug-likeness (QED) is 0.865. The number of rotatable bonds is 1. The van der Waals surface area contributed by atoms with Crippen molar-refractivity contribution in [3.63, 3.8) is 0 Å². The molecule has 0 unspecified atom stereocenters. The molecule has 1 aromatic heterocycles. The summed E-state index contributed by atoms with van der Waals surface area (Å²) in [5.74, 6) is 0.284. The maximum atomic E-state index is 12.5. The Balaban J connectivity index is 2.03. The number of hydrogen-bond donors (Lipinski definition) is 1. The summed E-state index contributed by atoms with van der Waals surface area (Å²) in [6, 6.07) is 5.24. The second-order valence-electron chi connectivity index (χ2n) is 4.18. The summed E-state index contributed by atoms with van der Waals surface area (Å²) in [6.07, 6.45) is 2.87. The van der Waals surface area contributed by atoms with E-state index in [4.69, 9.17) is 22.1 Å². The third kappa shape index (κ3) is 2.04. The summed E-state index contributed by atoms with van der Waals surface area (Å²) in [5.41, 5.74) is 6.43. The summed E-state index contributed by atoms with van der Waals surface area (Å²) in [4.78, 5) is 22.0. The third-order valence-corrected chi connectivity index (χ3v) is 3.27. The minimum atomic E-state index is -0.317. The molecule has 0 bridgehead atoms. The van der Waals surface area contributed by atoms with Crippen molar-refractivity contribution in [2.24, 2.45) is 0 Å². The molecule has 20 heavy (non-hydrogen) atoms. The Labute approximate surface area is 120 Å². The number of fused-ring (bicyclic) bond motifs is 1. The van der Waals surface area contributed by atoms with Crippen molar-refractivity contribution < 1.29 is 9.53 Å². The monoisotopic (exact) mass is 290 g/mol. The largest absolute Gasteiger partial charge is 0.488 e. The van der Waals surface area contributed by atoms with E-state index >= 15 is 0 Å². The van der Waals surface area contributed by atoms with Crippen LogP contribution < -0.4 is 15.4 Å². The number of halogens is 1. The number of hydrogen-bond acceptors (Lipinski definition) is 5. The maximum absolute atomic E-state index is 12.5. The van der Waals surface area contributed by atoms with Crippen LogP contribution in [0, 0.1) is 0 Å². The number of amides is 1. The number of nitrogens with two attached hydrogens (primary N) is 1. The van der Waals surface area contributed by atoms with Gasteiger partial charge in [-0.1, -0.05) is 17.7 Å². The zero-order valence-electron chi connectivity index (χ0n) is 10.4. The van der Waals surface area contributed by atoms with Crippen molar-refractivity contribution >= 4 is 29.0 Å². The van der Waals surface area contributed by atoms with Gasteiger partial charge in [-0.3, -0.25) is 9.69 Å². The lowest BCUT2D eigenvalue weighted by molar-refractivity contribution is 0.0972. The van der Waals surface area contributed by atoms with E-state index in [-0.39, 0.29) is 17.4 Å². The van der Waals surface area contributed by atoms with E-state index in [0.29, 0.717) is 29.6 Å². The van der Waals surface area contributed by atoms with Crippen molar-refractivity contribution in [2.75, 3.05) is 23.8 Å². The van der Waals surface area contributed by atoms with Crippen LogP contribution >= 0.6 is 11.6 Å². The molecular formula is C13H11ClN4O2. The number of nitrogen functional groups attached to an aromatic ring is 1. The number of benzene rings is 1. The molecule has 0 fully saturated rings. The zero-order valence-corrected chi connectivity index (χ0v) is 11.2. The lowest BCUT2D eigenvalue weighted by Crippen LogP contribution is -2.38. The lowest BCUT2D eigenvalue weighted by Gasteiger charge is -2.29. The first kappa shape index (κ1) is 12.7. The standard InChI is InChI=1S/C13H11ClN4O2/c14-8-2-1-3-9-11(8)20-7-6-18(9)13(19)10-12(15)17-5-4-16-10/h1-5H,6-7H2,(H2,15,17). The Morgan fingerprint density at radius 1 is 1.35 bits per heavy atom. The number of nitrogens with zero attached hydrogens (tertiary/aromatic N) is 3. The van der Waals surface area contributed by atoms with E-state index in [1.54, 1.807) is 23.1 Å². The molecule has 0 saturated heterocycles. The molecule has 7 heteroatoms. The number of para-hydroxylation sites is 1. The van der Waals surface area contributed by atoms with Crippen molar-refractivity contribution in [1.82, 2.24) is 9.97 Å². The van der Waals surface area contributed by atoms with Crippen molar-refractivity contribution in [3.8, 4) is 5.75 Å². The van der Waals surface area contributed by atoms with Crippen LogP contribution in [-0.2, 0) is 0 Å². The fourth-order valence-electron chi connectivity index (χ4n) is 2.06. The van der Waals surface area contributed by atoms with Gasteiger partial charge in [0.25, 0.3) is 5.91 Å². The smallest absolute Gasteiger partial charge is 0.280 e. The van der Waals surface area contributed by atoms with Gasteiger partial charge in [-0.2, -0.15) is 0 Å². The molecule has 3 rings (SSSR count). The highest BCUT2D eigenvalue weighted by atomic mass is 35.5. The van der Waals surface area contributed by atoms with Crippen molar-refractivity contribution in [2.45, 2.75) is 0 Å². The Hall–Kier alpha value is -2.34. The number of aromatic nitrogens is 2. The summed E-state index contributed by atoms with van der Waals surface area (Å²) < 4.78 is 5.51. The fraction of sp³-hybridized carbons (Fsp3) is 0.154. The number of carbonyl (C=O) groups is 1. The molecule has 0 radical (unpaired) electrons. The predicted molar refractivity (Wildman–Crippen MR) is 75.1 cm³/mol. The van der Waals surface area contributed by atoms with Crippen LogP contribution in [0.15, 0.2) is 30.6 Å². The van der Waals surface area contributed by atoms with Gasteiger partial charge in [0, 0.05) is 12.4 Å². The van der Waals surface area contributed by atoms with Gasteiger partial charge in [-0.25, -0.2) is 9.97 Å². The Morgan fingerprint density at radius 2 is 2.15 bits per heavy atom. The van der Waals surface area contributed by atoms with E-state index in [2.05, 4.69) is 9.97 Å². The topological polar surface area (TPSA) is 81.3 Å². The van der Waals surface area contributed by atoms with Crippen molar-refractivity contribution in [3.05, 3.63) is 41.3 Å². The lowest BCUT2D eigenvalue weighted by atomic mass is 10.2. The highest BCUT2D eigenvalue weighted by Crippen LogP contribution is 2.38. The first-order chi connectivity index (χ1) is 9.68. The van der Waals surface area contributed by atoms with Crippen LogP contribution in [0.1, 0.15) is 10.5 Å². The molecular weight excluding hydrogens is 280 g/mol. The molecule has 6 nitrogen and oxygen atoms in total. The second kappa shape index (κ2) is 4.97. The van der Waals surface area contributed by atoms with Crippen LogP contribution in [0.25, 0.3) is 0 Å². The van der Waals surface area contributed by atoms with Gasteiger partial charge >= 0.3 is 0 Å². The molecule has 2 aromatic rings. The minimum absolute atomic E-state index is 0.104. The van der Waals surface area contributed by atoms with E-state index < -0.39 is 0 Å². The van der Waals surface area contributed by atoms with Crippen LogP contribution in [0.3, 0.4) is 0 Å². The fourth-order valence-corrected chi connectivity index (χ4v) is 2.29. The van der Waals surface area contributed by atoms with Crippen LogP contribution in [-0.4, -0.2) is 29.0 Å². The highest BCUT2D eigenvalue weighted by Gasteiger charge is 2.28. The first-order valence-electron chi connectivity index (χ1n) is 5.98. The Kier molecular flexibility index (Phi) is 3.15. The molecule has 102 valence electrons. The number of anilines is 2. The summed E-state index contributed by atoms with van der Waals surface area (Å²) in [5, 5.41) is 0.465. The summed E-state index contributed by atoms with van der Waals surface area (Å²) in [6.45, 7) is 0.769.